The number of cyclic esters (lactones) is 1. The molecule has 30 heteroatoms. The first kappa shape index (κ1) is 70.3. The molecule has 0 amide bonds. The summed E-state index contributed by atoms with van der Waals surface area (Å²) in [5, 5.41) is 111. The molecule has 6 saturated heterocycles. The third kappa shape index (κ3) is 12.5. The zero-order valence-corrected chi connectivity index (χ0v) is 53.1. The van der Waals surface area contributed by atoms with Crippen LogP contribution in [0.15, 0.2) is 23.8 Å². The fourth-order valence-corrected chi connectivity index (χ4v) is 18.0. The van der Waals surface area contributed by atoms with E-state index in [-0.39, 0.29) is 29.1 Å². The molecule has 11 N–H and O–H groups in total. The maximum absolute atomic E-state index is 14.8. The summed E-state index contributed by atoms with van der Waals surface area (Å²) in [4.78, 5) is 27.6. The van der Waals surface area contributed by atoms with Crippen LogP contribution in [-0.2, 0) is 85.8 Å². The van der Waals surface area contributed by atoms with Gasteiger partial charge in [0.05, 0.1) is 50.0 Å². The average molecular weight is 1310 g/mol. The largest absolute Gasteiger partial charge is 0.462 e. The molecule has 3 saturated carbocycles. The Kier molecular flexibility index (Phi) is 20.7. The first-order chi connectivity index (χ1) is 42.2. The Bertz CT molecular complexity index is 2720. The quantitative estimate of drug-likeness (QED) is 0.0423. The van der Waals surface area contributed by atoms with E-state index < -0.39 is 212 Å². The maximum atomic E-state index is 14.8. The van der Waals surface area contributed by atoms with E-state index in [0.29, 0.717) is 44.9 Å². The number of rotatable bonds is 19. The number of hydrogen-bond donors (Lipinski definition) is 11. The number of hydrogen-bond acceptors (Lipinski definition) is 28. The standard InChI is InChI=1S/C60H94O29S/c1-25(2)12-11-17-59(9)49-32(81-27(4)62)20-58(8)29-13-14-35-56(5,6)36(16-18-57(35,7)28(29)15-19-60(49,58)55(72)88-59)83-53-47(39(67)34(24-79-53)89-90(73,74)75)87-54-48(86-50-40(68)37(65)30(63)22-77-50)41(69)44(26(3)80-54)84-51-42(70)45(31(64)23-78-51)85-52-43(71)46(76-10)38(66)33(21-61)82-52/h13,26,28,30-54,61,63-71H,1,11-12,14-24H2,2-10H3,(H,73,74,75). The van der Waals surface area contributed by atoms with Crippen LogP contribution < -0.4 is 0 Å². The first-order valence-corrected chi connectivity index (χ1v) is 32.6. The summed E-state index contributed by atoms with van der Waals surface area (Å²) in [6.07, 6.45) is -31.4. The molecule has 4 aliphatic carbocycles. The van der Waals surface area contributed by atoms with Crippen molar-refractivity contribution in [3.05, 3.63) is 23.8 Å². The van der Waals surface area contributed by atoms with Crippen molar-refractivity contribution in [2.24, 2.45) is 39.4 Å². The summed E-state index contributed by atoms with van der Waals surface area (Å²) in [6, 6.07) is 0. The number of carbonyl (C=O) groups excluding carboxylic acids is 2. The van der Waals surface area contributed by atoms with Crippen molar-refractivity contribution in [1.29, 1.82) is 0 Å². The molecule has 0 aromatic rings. The summed E-state index contributed by atoms with van der Waals surface area (Å²) in [5.74, 6) is -1.16. The van der Waals surface area contributed by atoms with Crippen LogP contribution in [0.3, 0.4) is 0 Å². The lowest BCUT2D eigenvalue weighted by atomic mass is 9.41. The molecule has 90 heavy (non-hydrogen) atoms. The second-order valence-corrected chi connectivity index (χ2v) is 29.0. The molecular weight excluding hydrogens is 1220 g/mol. The highest BCUT2D eigenvalue weighted by atomic mass is 32.3. The van der Waals surface area contributed by atoms with Crippen molar-refractivity contribution in [2.45, 2.75) is 266 Å². The second kappa shape index (κ2) is 26.5. The summed E-state index contributed by atoms with van der Waals surface area (Å²) in [7, 11) is -4.07. The van der Waals surface area contributed by atoms with Gasteiger partial charge in [0, 0.05) is 19.4 Å². The Morgan fingerprint density at radius 2 is 1.32 bits per heavy atom. The van der Waals surface area contributed by atoms with Crippen LogP contribution in [0.5, 0.6) is 0 Å². The second-order valence-electron chi connectivity index (χ2n) is 28.0. The molecule has 1 spiro atoms. The van der Waals surface area contributed by atoms with Gasteiger partial charge in [-0.2, -0.15) is 8.42 Å². The van der Waals surface area contributed by atoms with E-state index in [0.717, 1.165) is 24.0 Å². The minimum Gasteiger partial charge on any atom is -0.462 e. The highest BCUT2D eigenvalue weighted by Crippen LogP contribution is 2.77. The maximum Gasteiger partial charge on any atom is 0.397 e. The van der Waals surface area contributed by atoms with Crippen LogP contribution in [0.2, 0.25) is 0 Å². The fraction of sp³-hybridized carbons (Fsp3) is 0.900. The van der Waals surface area contributed by atoms with E-state index in [2.05, 4.69) is 40.3 Å². The van der Waals surface area contributed by atoms with Gasteiger partial charge in [0.2, 0.25) is 0 Å². The number of fused-ring (bicyclic) bond motifs is 4. The summed E-state index contributed by atoms with van der Waals surface area (Å²) < 4.78 is 118. The van der Waals surface area contributed by atoms with Crippen LogP contribution in [0.1, 0.15) is 113 Å². The van der Waals surface area contributed by atoms with Gasteiger partial charge in [-0.15, -0.1) is 6.58 Å². The fourth-order valence-electron chi connectivity index (χ4n) is 17.6. The van der Waals surface area contributed by atoms with Crippen molar-refractivity contribution >= 4 is 22.3 Å². The SMILES string of the molecule is C=C(C)CCCC1(C)OC(=O)C23CCC4C(=CCC5C(C)(C)C(OC6OCC(OS(=O)(=O)O)C(O)C6OC6OC(C)C(OC7OCC(O)C(OC8OC(CO)C(O)C(OC)C8O)C7O)C(O)C6OC6OCC(O)C(O)C6O)CCC45C)C2(C)CC(OC(C)=O)C13. The molecule has 31 unspecified atom stereocenters. The van der Waals surface area contributed by atoms with E-state index >= 15 is 0 Å². The predicted molar refractivity (Wildman–Crippen MR) is 302 cm³/mol. The summed E-state index contributed by atoms with van der Waals surface area (Å²) in [5.41, 5.74) is -1.45. The molecule has 9 fully saturated rings. The van der Waals surface area contributed by atoms with E-state index in [9.17, 15) is 73.6 Å². The van der Waals surface area contributed by atoms with E-state index in [1.54, 1.807) is 0 Å². The number of aliphatic hydroxyl groups excluding tert-OH is 10. The molecular formula is C60H94O29S. The molecule has 6 heterocycles. The van der Waals surface area contributed by atoms with Crippen LogP contribution in [0.25, 0.3) is 0 Å². The van der Waals surface area contributed by atoms with Gasteiger partial charge in [0.15, 0.2) is 31.5 Å². The first-order valence-electron chi connectivity index (χ1n) is 31.3. The van der Waals surface area contributed by atoms with E-state index in [1.807, 2.05) is 13.8 Å². The number of carbonyl (C=O) groups is 2. The minimum absolute atomic E-state index is 0.00764. The monoisotopic (exact) mass is 1310 g/mol. The van der Waals surface area contributed by atoms with Crippen LogP contribution in [0.4, 0.5) is 0 Å². The number of esters is 2. The Balaban J connectivity index is 0.905. The average Bonchev–Trinajstić information content (AvgIpc) is 1.46. The van der Waals surface area contributed by atoms with Gasteiger partial charge in [0.1, 0.15) is 109 Å². The molecule has 31 atom stereocenters. The van der Waals surface area contributed by atoms with E-state index in [1.165, 1.54) is 21.0 Å². The predicted octanol–water partition coefficient (Wildman–Crippen LogP) is -0.917. The molecule has 10 rings (SSSR count). The number of methoxy groups -OCH3 is 1. The normalized spacial score (nSPS) is 50.2. The number of allylic oxidation sites excluding steroid dienone is 3. The van der Waals surface area contributed by atoms with Crippen molar-refractivity contribution in [1.82, 2.24) is 0 Å². The van der Waals surface area contributed by atoms with Gasteiger partial charge in [-0.25, -0.2) is 4.18 Å². The van der Waals surface area contributed by atoms with Gasteiger partial charge < -0.3 is 113 Å². The molecule has 0 bridgehead atoms. The van der Waals surface area contributed by atoms with Crippen LogP contribution >= 0.6 is 0 Å². The third-order valence-electron chi connectivity index (χ3n) is 22.0. The topological polar surface area (TPSA) is 420 Å². The van der Waals surface area contributed by atoms with Crippen molar-refractivity contribution in [3.8, 4) is 0 Å². The lowest BCUT2D eigenvalue weighted by Crippen LogP contribution is -2.67. The third-order valence-corrected chi connectivity index (χ3v) is 22.5. The highest BCUT2D eigenvalue weighted by Gasteiger charge is 2.79. The summed E-state index contributed by atoms with van der Waals surface area (Å²) >= 11 is 0. The summed E-state index contributed by atoms with van der Waals surface area (Å²) in [6.45, 7) is 16.8. The Morgan fingerprint density at radius 3 is 1.98 bits per heavy atom. The number of ether oxygens (including phenoxy) is 13. The van der Waals surface area contributed by atoms with Gasteiger partial charge in [-0.05, 0) is 101 Å². The molecule has 10 aliphatic rings. The Labute approximate surface area is 523 Å². The molecule has 514 valence electrons. The molecule has 29 nitrogen and oxygen atoms in total. The zero-order chi connectivity index (χ0) is 65.7. The lowest BCUT2D eigenvalue weighted by molar-refractivity contribution is -0.399. The van der Waals surface area contributed by atoms with E-state index in [4.69, 9.17) is 65.8 Å². The zero-order valence-electron chi connectivity index (χ0n) is 52.2. The minimum atomic E-state index is -5.26. The molecule has 0 aromatic carbocycles. The Morgan fingerprint density at radius 1 is 0.700 bits per heavy atom. The highest BCUT2D eigenvalue weighted by molar-refractivity contribution is 7.80. The van der Waals surface area contributed by atoms with Gasteiger partial charge in [-0.3, -0.25) is 14.1 Å². The van der Waals surface area contributed by atoms with Gasteiger partial charge in [-0.1, -0.05) is 44.9 Å². The van der Waals surface area contributed by atoms with Crippen LogP contribution in [-0.4, -0.2) is 263 Å². The van der Waals surface area contributed by atoms with Crippen molar-refractivity contribution in [2.75, 3.05) is 33.5 Å². The van der Waals surface area contributed by atoms with Gasteiger partial charge >= 0.3 is 22.3 Å². The molecule has 6 aliphatic heterocycles. The van der Waals surface area contributed by atoms with Crippen LogP contribution in [0, 0.1) is 39.4 Å². The van der Waals surface area contributed by atoms with Crippen molar-refractivity contribution in [3.63, 3.8) is 0 Å². The molecule has 0 aromatic heterocycles. The number of aliphatic hydroxyl groups is 10. The molecule has 0 radical (unpaired) electrons. The Hall–Kier alpha value is -2.55. The lowest BCUT2D eigenvalue weighted by Gasteiger charge is -2.64. The smallest absolute Gasteiger partial charge is 0.397 e. The van der Waals surface area contributed by atoms with Crippen molar-refractivity contribution < 1.29 is 139 Å². The van der Waals surface area contributed by atoms with Gasteiger partial charge in [0.25, 0.3) is 0 Å².